The molecule has 6 nitrogen and oxygen atoms in total. The summed E-state index contributed by atoms with van der Waals surface area (Å²) in [6, 6.07) is 0.950. The Morgan fingerprint density at radius 2 is 2.05 bits per heavy atom. The molecule has 1 saturated heterocycles. The van der Waals surface area contributed by atoms with Crippen LogP contribution in [0.1, 0.15) is 5.69 Å². The van der Waals surface area contributed by atoms with E-state index in [-0.39, 0.29) is 18.0 Å². The van der Waals surface area contributed by atoms with Crippen molar-refractivity contribution < 1.29 is 18.0 Å². The fourth-order valence-electron chi connectivity index (χ4n) is 2.23. The predicted molar refractivity (Wildman–Crippen MR) is 67.8 cm³/mol. The molecular formula is C12H12F3N5O. The molecule has 3 heterocycles. The van der Waals surface area contributed by atoms with E-state index in [9.17, 15) is 18.0 Å². The zero-order valence-corrected chi connectivity index (χ0v) is 11.1. The molecule has 1 fully saturated rings. The van der Waals surface area contributed by atoms with Gasteiger partial charge >= 0.3 is 6.18 Å². The number of aromatic nitrogens is 3. The van der Waals surface area contributed by atoms with E-state index in [1.807, 2.05) is 0 Å². The van der Waals surface area contributed by atoms with Crippen molar-refractivity contribution in [2.45, 2.75) is 6.18 Å². The smallest absolute Gasteiger partial charge is 0.344 e. The van der Waals surface area contributed by atoms with Gasteiger partial charge in [-0.15, -0.1) is 0 Å². The zero-order valence-electron chi connectivity index (χ0n) is 11.1. The number of carbonyl (C=O) groups excluding carboxylic acids is 1. The average Bonchev–Trinajstić information content (AvgIpc) is 2.86. The third kappa shape index (κ3) is 2.39. The number of anilines is 1. The molecule has 0 saturated carbocycles. The molecule has 1 aliphatic heterocycles. The molecule has 0 radical (unpaired) electrons. The molecule has 0 aromatic carbocycles. The van der Waals surface area contributed by atoms with Crippen LogP contribution in [0.2, 0.25) is 0 Å². The fraction of sp³-hybridized carbons (Fsp3) is 0.417. The third-order valence-electron chi connectivity index (χ3n) is 3.42. The van der Waals surface area contributed by atoms with Gasteiger partial charge in [0.15, 0.2) is 11.5 Å². The van der Waals surface area contributed by atoms with Crippen molar-refractivity contribution in [3.05, 3.63) is 24.2 Å². The molecule has 0 atom stereocenters. The lowest BCUT2D eigenvalue weighted by Crippen LogP contribution is -2.49. The number of hydrogen-bond acceptors (Lipinski definition) is 4. The first-order valence-corrected chi connectivity index (χ1v) is 6.27. The summed E-state index contributed by atoms with van der Waals surface area (Å²) in [5, 5.41) is 3.50. The van der Waals surface area contributed by atoms with Gasteiger partial charge in [-0.2, -0.15) is 18.3 Å². The van der Waals surface area contributed by atoms with Gasteiger partial charge in [-0.1, -0.05) is 0 Å². The molecule has 0 unspecified atom stereocenters. The van der Waals surface area contributed by atoms with E-state index in [0.717, 1.165) is 10.6 Å². The maximum absolute atomic E-state index is 12.7. The molecule has 0 aliphatic carbocycles. The molecule has 112 valence electrons. The van der Waals surface area contributed by atoms with Crippen molar-refractivity contribution in [1.82, 2.24) is 19.5 Å². The van der Waals surface area contributed by atoms with Crippen LogP contribution in [0.5, 0.6) is 0 Å². The van der Waals surface area contributed by atoms with Crippen LogP contribution in [-0.2, 0) is 11.0 Å². The summed E-state index contributed by atoms with van der Waals surface area (Å²) in [5.74, 6) is 0.238. The minimum absolute atomic E-state index is 0.0930. The fourth-order valence-corrected chi connectivity index (χ4v) is 2.23. The van der Waals surface area contributed by atoms with Crippen LogP contribution in [0.15, 0.2) is 18.5 Å². The van der Waals surface area contributed by atoms with Gasteiger partial charge in [-0.25, -0.2) is 9.50 Å². The van der Waals surface area contributed by atoms with Crippen LogP contribution in [-0.4, -0.2) is 52.1 Å². The molecule has 9 heteroatoms. The van der Waals surface area contributed by atoms with Gasteiger partial charge in [0.05, 0.1) is 6.54 Å². The van der Waals surface area contributed by atoms with E-state index in [2.05, 4.69) is 10.1 Å². The number of hydrogen-bond donors (Lipinski definition) is 0. The van der Waals surface area contributed by atoms with Crippen molar-refractivity contribution in [2.24, 2.45) is 0 Å². The summed E-state index contributed by atoms with van der Waals surface area (Å²) in [4.78, 5) is 19.1. The topological polar surface area (TPSA) is 53.7 Å². The second-order valence-electron chi connectivity index (χ2n) is 4.84. The summed E-state index contributed by atoms with van der Waals surface area (Å²) in [5.41, 5.74) is -0.737. The van der Waals surface area contributed by atoms with Crippen LogP contribution in [0.3, 0.4) is 0 Å². The van der Waals surface area contributed by atoms with Gasteiger partial charge in [0, 0.05) is 38.6 Å². The number of alkyl halides is 3. The molecule has 1 aliphatic rings. The van der Waals surface area contributed by atoms with Crippen molar-refractivity contribution in [2.75, 3.05) is 31.6 Å². The highest BCUT2D eigenvalue weighted by Gasteiger charge is 2.35. The highest BCUT2D eigenvalue weighted by Crippen LogP contribution is 2.31. The van der Waals surface area contributed by atoms with Gasteiger partial charge in [0.1, 0.15) is 5.52 Å². The highest BCUT2D eigenvalue weighted by molar-refractivity contribution is 5.84. The van der Waals surface area contributed by atoms with E-state index < -0.39 is 11.9 Å². The number of piperazine rings is 1. The van der Waals surface area contributed by atoms with Gasteiger partial charge in [0.2, 0.25) is 5.91 Å². The van der Waals surface area contributed by atoms with E-state index in [1.165, 1.54) is 12.4 Å². The Labute approximate surface area is 117 Å². The second kappa shape index (κ2) is 4.61. The number of nitrogens with zero attached hydrogens (tertiary/aromatic N) is 5. The zero-order chi connectivity index (χ0) is 15.2. The maximum Gasteiger partial charge on any atom is 0.435 e. The SMILES string of the molecule is CN1CCN(c2nccn3nc(C(F)(F)F)cc23)CC1=O. The Hall–Kier alpha value is -2.32. The monoisotopic (exact) mass is 299 g/mol. The Morgan fingerprint density at radius 1 is 1.29 bits per heavy atom. The lowest BCUT2D eigenvalue weighted by Gasteiger charge is -2.32. The Balaban J connectivity index is 2.03. The highest BCUT2D eigenvalue weighted by atomic mass is 19.4. The summed E-state index contributed by atoms with van der Waals surface area (Å²) < 4.78 is 39.4. The van der Waals surface area contributed by atoms with Crippen LogP contribution in [0.4, 0.5) is 19.0 Å². The van der Waals surface area contributed by atoms with Gasteiger partial charge in [0.25, 0.3) is 0 Å². The second-order valence-corrected chi connectivity index (χ2v) is 4.84. The molecule has 21 heavy (non-hydrogen) atoms. The molecule has 2 aromatic heterocycles. The van der Waals surface area contributed by atoms with Crippen LogP contribution in [0, 0.1) is 0 Å². The molecule has 3 rings (SSSR count). The lowest BCUT2D eigenvalue weighted by molar-refractivity contribution is -0.141. The minimum atomic E-state index is -4.51. The van der Waals surface area contributed by atoms with E-state index in [0.29, 0.717) is 18.9 Å². The first-order chi connectivity index (χ1) is 9.86. The number of carbonyl (C=O) groups is 1. The van der Waals surface area contributed by atoms with Gasteiger partial charge in [-0.3, -0.25) is 4.79 Å². The third-order valence-corrected chi connectivity index (χ3v) is 3.42. The quantitative estimate of drug-likeness (QED) is 0.789. The molecule has 0 N–H and O–H groups in total. The predicted octanol–water partition coefficient (Wildman–Crippen LogP) is 1.03. The normalized spacial score (nSPS) is 16.9. The lowest BCUT2D eigenvalue weighted by atomic mass is 10.3. The Bertz CT molecular complexity index is 696. The van der Waals surface area contributed by atoms with Crippen molar-refractivity contribution in [3.63, 3.8) is 0 Å². The van der Waals surface area contributed by atoms with Crippen LogP contribution in [0.25, 0.3) is 5.52 Å². The number of halogens is 3. The van der Waals surface area contributed by atoms with Crippen molar-refractivity contribution in [1.29, 1.82) is 0 Å². The molecule has 0 bridgehead atoms. The number of rotatable bonds is 1. The summed E-state index contributed by atoms with van der Waals surface area (Å²) in [6.45, 7) is 1.11. The van der Waals surface area contributed by atoms with E-state index in [4.69, 9.17) is 0 Å². The minimum Gasteiger partial charge on any atom is -0.344 e. The molecular weight excluding hydrogens is 287 g/mol. The molecule has 2 aromatic rings. The number of fused-ring (bicyclic) bond motifs is 1. The number of likely N-dealkylation sites (N-methyl/N-ethyl adjacent to an activating group) is 1. The standard InChI is InChI=1S/C12H12F3N5O/c1-18-4-5-19(7-10(18)21)11-8-6-9(12(13,14)15)17-20(8)3-2-16-11/h2-3,6H,4-5,7H2,1H3. The van der Waals surface area contributed by atoms with Crippen molar-refractivity contribution >= 4 is 17.2 Å². The van der Waals surface area contributed by atoms with E-state index in [1.54, 1.807) is 16.8 Å². The van der Waals surface area contributed by atoms with Crippen LogP contribution >= 0.6 is 0 Å². The average molecular weight is 299 g/mol. The summed E-state index contributed by atoms with van der Waals surface area (Å²) in [7, 11) is 1.69. The van der Waals surface area contributed by atoms with E-state index >= 15 is 0 Å². The maximum atomic E-state index is 12.7. The molecule has 0 spiro atoms. The molecule has 1 amide bonds. The Kier molecular flexibility index (Phi) is 2.99. The summed E-state index contributed by atoms with van der Waals surface area (Å²) >= 11 is 0. The van der Waals surface area contributed by atoms with Crippen molar-refractivity contribution in [3.8, 4) is 0 Å². The first kappa shape index (κ1) is 13.7. The largest absolute Gasteiger partial charge is 0.435 e. The number of amides is 1. The Morgan fingerprint density at radius 3 is 2.71 bits per heavy atom. The first-order valence-electron chi connectivity index (χ1n) is 6.27. The van der Waals surface area contributed by atoms with Gasteiger partial charge < -0.3 is 9.80 Å². The summed E-state index contributed by atoms with van der Waals surface area (Å²) in [6.07, 6.45) is -1.79. The van der Waals surface area contributed by atoms with Gasteiger partial charge in [-0.05, 0) is 0 Å². The van der Waals surface area contributed by atoms with Crippen LogP contribution < -0.4 is 4.90 Å².